The van der Waals surface area contributed by atoms with Crippen LogP contribution in [0.4, 0.5) is 0 Å². The highest BCUT2D eigenvalue weighted by Gasteiger charge is 2.31. The molecular weight excluding hydrogens is 578 g/mol. The summed E-state index contributed by atoms with van der Waals surface area (Å²) in [4.78, 5) is 42.7. The lowest BCUT2D eigenvalue weighted by atomic mass is 9.96. The van der Waals surface area contributed by atoms with Gasteiger partial charge in [-0.3, -0.25) is 14.4 Å². The van der Waals surface area contributed by atoms with Crippen molar-refractivity contribution >= 4 is 38.6 Å². The molecule has 0 aliphatic carbocycles. The summed E-state index contributed by atoms with van der Waals surface area (Å²) in [7, 11) is -3.99. The summed E-state index contributed by atoms with van der Waals surface area (Å²) in [5.41, 5.74) is 3.05. The van der Waals surface area contributed by atoms with Crippen molar-refractivity contribution in [3.8, 4) is 0 Å². The summed E-state index contributed by atoms with van der Waals surface area (Å²) in [6, 6.07) is 15.8. The Labute approximate surface area is 257 Å². The van der Waals surface area contributed by atoms with Crippen LogP contribution in [0.3, 0.4) is 0 Å². The average Bonchev–Trinajstić information content (AvgIpc) is 3.65. The fraction of sp³-hybridized carbons (Fsp3) is 0.303. The molecule has 0 spiro atoms. The third kappa shape index (κ3) is 6.94. The number of nitrogens with one attached hydrogen (secondary N) is 4. The minimum atomic E-state index is -3.99. The molecule has 5 rings (SSSR count). The monoisotopic (exact) mass is 615 g/mol. The summed E-state index contributed by atoms with van der Waals surface area (Å²) in [5, 5.41) is 9.70. The van der Waals surface area contributed by atoms with Crippen molar-refractivity contribution in [3.05, 3.63) is 102 Å². The third-order valence-corrected chi connectivity index (χ3v) is 9.58. The zero-order valence-electron chi connectivity index (χ0n) is 24.7. The Hall–Kier alpha value is -4.64. The number of benzene rings is 2. The predicted molar refractivity (Wildman–Crippen MR) is 168 cm³/mol. The van der Waals surface area contributed by atoms with Gasteiger partial charge in [-0.2, -0.15) is 0 Å². The van der Waals surface area contributed by atoms with E-state index in [1.807, 2.05) is 44.3 Å². The highest BCUT2D eigenvalue weighted by molar-refractivity contribution is 7.90. The van der Waals surface area contributed by atoms with Crippen molar-refractivity contribution in [1.29, 1.82) is 0 Å². The normalized spacial score (nSPS) is 21.5. The molecule has 11 heteroatoms. The van der Waals surface area contributed by atoms with Gasteiger partial charge in [-0.1, -0.05) is 55.0 Å². The Balaban J connectivity index is 1.52. The van der Waals surface area contributed by atoms with E-state index < -0.39 is 33.9 Å². The number of hydrogen-bond acceptors (Lipinski definition) is 5. The first kappa shape index (κ1) is 30.8. The molecule has 0 unspecified atom stereocenters. The van der Waals surface area contributed by atoms with Gasteiger partial charge >= 0.3 is 0 Å². The van der Waals surface area contributed by atoms with E-state index in [4.69, 9.17) is 0 Å². The van der Waals surface area contributed by atoms with Gasteiger partial charge in [-0.25, -0.2) is 12.4 Å². The number of rotatable bonds is 5. The molecule has 1 aliphatic heterocycles. The molecule has 4 aromatic rings. The zero-order chi connectivity index (χ0) is 31.3. The maximum absolute atomic E-state index is 14.0. The average molecular weight is 616 g/mol. The van der Waals surface area contributed by atoms with Crippen LogP contribution >= 0.6 is 0 Å². The van der Waals surface area contributed by atoms with Crippen LogP contribution < -0.4 is 16.0 Å². The lowest BCUT2D eigenvalue weighted by Gasteiger charge is -2.27. The smallest absolute Gasteiger partial charge is 0.267 e. The van der Waals surface area contributed by atoms with Gasteiger partial charge in [-0.15, -0.1) is 0 Å². The molecule has 1 aliphatic rings. The Morgan fingerprint density at radius 1 is 0.932 bits per heavy atom. The number of hydrogen-bond donors (Lipinski definition) is 4. The summed E-state index contributed by atoms with van der Waals surface area (Å²) in [6.07, 6.45) is 7.69. The lowest BCUT2D eigenvalue weighted by molar-refractivity contribution is -0.129. The maximum Gasteiger partial charge on any atom is 0.267 e. The molecule has 0 bridgehead atoms. The summed E-state index contributed by atoms with van der Waals surface area (Å²) >= 11 is 0. The molecule has 3 atom stereocenters. The van der Waals surface area contributed by atoms with Crippen LogP contribution in [0.25, 0.3) is 10.9 Å². The van der Waals surface area contributed by atoms with Crippen LogP contribution in [-0.4, -0.2) is 47.7 Å². The van der Waals surface area contributed by atoms with E-state index in [9.17, 15) is 22.8 Å². The minimum Gasteiger partial charge on any atom is -0.361 e. The molecule has 2 aromatic heterocycles. The molecule has 10 nitrogen and oxygen atoms in total. The molecule has 3 heterocycles. The second-order valence-electron chi connectivity index (χ2n) is 11.2. The Morgan fingerprint density at radius 2 is 1.70 bits per heavy atom. The first-order valence-electron chi connectivity index (χ1n) is 14.7. The summed E-state index contributed by atoms with van der Waals surface area (Å²) < 4.78 is 28.7. The third-order valence-electron chi connectivity index (χ3n) is 7.86. The van der Waals surface area contributed by atoms with Crippen LogP contribution in [0.5, 0.6) is 0 Å². The number of aromatic amines is 1. The van der Waals surface area contributed by atoms with E-state index in [0.717, 1.165) is 22.0 Å². The van der Waals surface area contributed by atoms with Crippen LogP contribution in [0.2, 0.25) is 0 Å². The second-order valence-corrected chi connectivity index (χ2v) is 13.0. The van der Waals surface area contributed by atoms with Gasteiger partial charge in [-0.05, 0) is 55.2 Å². The quantitative estimate of drug-likeness (QED) is 0.252. The van der Waals surface area contributed by atoms with Gasteiger partial charge in [0.2, 0.25) is 17.7 Å². The molecule has 44 heavy (non-hydrogen) atoms. The van der Waals surface area contributed by atoms with E-state index in [1.165, 1.54) is 10.2 Å². The molecule has 0 radical (unpaired) electrons. The van der Waals surface area contributed by atoms with Crippen LogP contribution in [0, 0.1) is 12.8 Å². The number of aryl methyl sites for hydroxylation is 1. The Kier molecular flexibility index (Phi) is 9.34. The number of para-hydroxylation sites is 1. The van der Waals surface area contributed by atoms with Crippen molar-refractivity contribution in [3.63, 3.8) is 0 Å². The largest absolute Gasteiger partial charge is 0.361 e. The van der Waals surface area contributed by atoms with E-state index in [1.54, 1.807) is 48.6 Å². The molecule has 0 fully saturated rings. The maximum atomic E-state index is 14.0. The Bertz CT molecular complexity index is 1790. The second kappa shape index (κ2) is 13.3. The van der Waals surface area contributed by atoms with Gasteiger partial charge in [0, 0.05) is 49.1 Å². The van der Waals surface area contributed by atoms with Crippen LogP contribution in [0.1, 0.15) is 49.0 Å². The molecule has 0 saturated carbocycles. The fourth-order valence-corrected chi connectivity index (χ4v) is 6.83. The first-order valence-corrected chi connectivity index (χ1v) is 16.1. The van der Waals surface area contributed by atoms with E-state index in [0.29, 0.717) is 18.7 Å². The van der Waals surface area contributed by atoms with E-state index in [-0.39, 0.29) is 36.0 Å². The van der Waals surface area contributed by atoms with Gasteiger partial charge in [0.25, 0.3) is 10.0 Å². The molecule has 0 saturated heterocycles. The van der Waals surface area contributed by atoms with Gasteiger partial charge in [0.05, 0.1) is 16.6 Å². The van der Waals surface area contributed by atoms with Gasteiger partial charge in [0.15, 0.2) is 0 Å². The zero-order valence-corrected chi connectivity index (χ0v) is 25.6. The predicted octanol–water partition coefficient (Wildman–Crippen LogP) is 3.89. The minimum absolute atomic E-state index is 0.114. The number of aromatic nitrogens is 2. The van der Waals surface area contributed by atoms with Gasteiger partial charge in [0.1, 0.15) is 6.04 Å². The van der Waals surface area contributed by atoms with Crippen molar-refractivity contribution in [2.75, 3.05) is 6.54 Å². The molecule has 3 amide bonds. The van der Waals surface area contributed by atoms with E-state index in [2.05, 4.69) is 20.9 Å². The number of carbonyl (C=O) groups excluding carboxylic acids is 3. The number of amides is 3. The topological polar surface area (TPSA) is 142 Å². The molecule has 4 N–H and O–H groups in total. The number of carbonyl (C=O) groups is 3. The number of fused-ring (bicyclic) bond motifs is 1. The summed E-state index contributed by atoms with van der Waals surface area (Å²) in [5.74, 6) is -1.37. The summed E-state index contributed by atoms with van der Waals surface area (Å²) in [6.45, 7) is 4.06. The van der Waals surface area contributed by atoms with Crippen molar-refractivity contribution in [1.82, 2.24) is 24.9 Å². The highest BCUT2D eigenvalue weighted by atomic mass is 32.2. The fourth-order valence-electron chi connectivity index (χ4n) is 5.44. The SMILES string of the molecule is Cc1ccc(S(=O)(=O)n2cccc2[C@@H]2NC(=O)[C@H](Cc3c[nH]c4ccccc34)NC(=O)CCCNC(=O)C/C=C/[C@@H]2C)cc1. The molecule has 2 aromatic carbocycles. The number of nitrogens with zero attached hydrogens (tertiary/aromatic N) is 1. The Morgan fingerprint density at radius 3 is 2.50 bits per heavy atom. The van der Waals surface area contributed by atoms with Crippen molar-refractivity contribution in [2.24, 2.45) is 5.92 Å². The molecular formula is C33H37N5O5S. The first-order chi connectivity index (χ1) is 21.1. The highest BCUT2D eigenvalue weighted by Crippen LogP contribution is 2.28. The lowest BCUT2D eigenvalue weighted by Crippen LogP contribution is -2.50. The van der Waals surface area contributed by atoms with Crippen LogP contribution in [-0.2, 0) is 30.8 Å². The number of H-pyrrole nitrogens is 1. The standard InChI is InChI=1S/C33H37N5O5S/c1-22-14-16-25(17-15-22)44(42,43)38-19-7-11-29(38)32-23(2)8-5-12-30(39)34-18-6-13-31(40)36-28(33(41)37-32)20-24-21-35-27-10-4-3-9-26(24)27/h3-5,7-11,14-17,19,21,23,28,32,35H,6,12-13,18,20H2,1-2H3,(H,34,39)(H,36,40)(H,37,41)/b8-5+/t23-,28-,32+/m0/s1. The van der Waals surface area contributed by atoms with Gasteiger partial charge < -0.3 is 20.9 Å². The molecule has 230 valence electrons. The van der Waals surface area contributed by atoms with Crippen molar-refractivity contribution < 1.29 is 22.8 Å². The van der Waals surface area contributed by atoms with E-state index >= 15 is 0 Å². The van der Waals surface area contributed by atoms with Crippen molar-refractivity contribution in [2.45, 2.75) is 56.5 Å². The van der Waals surface area contributed by atoms with Crippen LogP contribution in [0.15, 0.2) is 90.1 Å².